The van der Waals surface area contributed by atoms with Gasteiger partial charge in [0, 0.05) is 41.4 Å². The molecule has 0 saturated carbocycles. The molecule has 0 bridgehead atoms. The molecule has 0 aliphatic carbocycles. The Morgan fingerprint density at radius 3 is 2.65 bits per heavy atom. The Bertz CT molecular complexity index is 480. The Hall–Kier alpha value is -0.770. The van der Waals surface area contributed by atoms with Gasteiger partial charge in [0.1, 0.15) is 0 Å². The van der Waals surface area contributed by atoms with Crippen LogP contribution >= 0.6 is 11.6 Å². The lowest BCUT2D eigenvalue weighted by Crippen LogP contribution is -2.36. The Morgan fingerprint density at radius 2 is 2.10 bits per heavy atom. The molecule has 4 heteroatoms. The van der Waals surface area contributed by atoms with Gasteiger partial charge in [0.2, 0.25) is 0 Å². The van der Waals surface area contributed by atoms with Crippen LogP contribution in [0.4, 0.5) is 5.69 Å². The summed E-state index contributed by atoms with van der Waals surface area (Å²) in [5, 5.41) is 14.4. The van der Waals surface area contributed by atoms with Gasteiger partial charge in [-0.1, -0.05) is 17.7 Å². The smallest absolute Gasteiger partial charge is 0.0810 e. The predicted molar refractivity (Wildman–Crippen MR) is 85.5 cm³/mol. The van der Waals surface area contributed by atoms with E-state index in [1.807, 2.05) is 19.1 Å². The van der Waals surface area contributed by atoms with E-state index in [2.05, 4.69) is 37.1 Å². The lowest BCUT2D eigenvalue weighted by atomic mass is 10.1. The number of nitrogens with one attached hydrogen (secondary N) is 1. The molecule has 1 saturated heterocycles. The Labute approximate surface area is 126 Å². The molecule has 1 fully saturated rings. The highest BCUT2D eigenvalue weighted by Gasteiger charge is 2.32. The summed E-state index contributed by atoms with van der Waals surface area (Å²) < 4.78 is 0. The maximum atomic E-state index is 10.2. The third kappa shape index (κ3) is 3.87. The van der Waals surface area contributed by atoms with Gasteiger partial charge in [-0.05, 0) is 46.2 Å². The van der Waals surface area contributed by atoms with Crippen molar-refractivity contribution in [3.05, 3.63) is 28.8 Å². The van der Waals surface area contributed by atoms with Crippen molar-refractivity contribution in [2.45, 2.75) is 51.8 Å². The van der Waals surface area contributed by atoms with E-state index in [0.29, 0.717) is 6.54 Å². The number of hydrogen-bond acceptors (Lipinski definition) is 3. The van der Waals surface area contributed by atoms with Gasteiger partial charge in [0.05, 0.1) is 5.60 Å². The number of rotatable bonds is 3. The molecular formula is C16H25ClN2O. The summed E-state index contributed by atoms with van der Waals surface area (Å²) in [6, 6.07) is 6.00. The average molecular weight is 297 g/mol. The number of halogens is 1. The molecule has 112 valence electrons. The molecule has 0 amide bonds. The van der Waals surface area contributed by atoms with Crippen LogP contribution in [0.5, 0.6) is 0 Å². The van der Waals surface area contributed by atoms with Crippen LogP contribution in [0.2, 0.25) is 5.02 Å². The SMILES string of the molecule is CC1(O)CCN(c2cccc(Cl)c2CNC(C)(C)C)C1. The third-order valence-electron chi connectivity index (χ3n) is 3.68. The predicted octanol–water partition coefficient (Wildman–Crippen LogP) is 3.19. The van der Waals surface area contributed by atoms with Gasteiger partial charge < -0.3 is 15.3 Å². The van der Waals surface area contributed by atoms with Gasteiger partial charge in [0.15, 0.2) is 0 Å². The second kappa shape index (κ2) is 5.55. The Balaban J connectivity index is 2.23. The monoisotopic (exact) mass is 296 g/mol. The van der Waals surface area contributed by atoms with Gasteiger partial charge in [-0.2, -0.15) is 0 Å². The maximum Gasteiger partial charge on any atom is 0.0810 e. The third-order valence-corrected chi connectivity index (χ3v) is 4.04. The van der Waals surface area contributed by atoms with Crippen molar-refractivity contribution < 1.29 is 5.11 Å². The molecule has 1 heterocycles. The van der Waals surface area contributed by atoms with Crippen molar-refractivity contribution in [1.29, 1.82) is 0 Å². The number of nitrogens with zero attached hydrogens (tertiary/aromatic N) is 1. The first kappa shape index (κ1) is 15.6. The second-order valence-electron chi connectivity index (χ2n) is 7.01. The zero-order chi connectivity index (χ0) is 15.0. The molecular weight excluding hydrogens is 272 g/mol. The number of β-amino-alcohol motifs (C(OH)–C–C–N with tert-alkyl or cyclic N) is 1. The summed E-state index contributed by atoms with van der Waals surface area (Å²) in [7, 11) is 0. The van der Waals surface area contributed by atoms with E-state index in [-0.39, 0.29) is 5.54 Å². The van der Waals surface area contributed by atoms with Crippen molar-refractivity contribution in [3.8, 4) is 0 Å². The second-order valence-corrected chi connectivity index (χ2v) is 7.42. The molecule has 2 N–H and O–H groups in total. The largest absolute Gasteiger partial charge is 0.388 e. The fourth-order valence-corrected chi connectivity index (χ4v) is 2.76. The first-order chi connectivity index (χ1) is 9.18. The van der Waals surface area contributed by atoms with Gasteiger partial charge >= 0.3 is 0 Å². The molecule has 1 atom stereocenters. The summed E-state index contributed by atoms with van der Waals surface area (Å²) in [4.78, 5) is 2.23. The summed E-state index contributed by atoms with van der Waals surface area (Å²) >= 11 is 6.38. The molecule has 1 aromatic rings. The molecule has 1 aromatic carbocycles. The summed E-state index contributed by atoms with van der Waals surface area (Å²) in [5.74, 6) is 0. The van der Waals surface area contributed by atoms with E-state index in [0.717, 1.165) is 35.8 Å². The number of anilines is 1. The molecule has 0 radical (unpaired) electrons. The fourth-order valence-electron chi connectivity index (χ4n) is 2.52. The van der Waals surface area contributed by atoms with Crippen LogP contribution in [0.1, 0.15) is 39.7 Å². The minimum atomic E-state index is -0.600. The van der Waals surface area contributed by atoms with Crippen LogP contribution < -0.4 is 10.2 Å². The highest BCUT2D eigenvalue weighted by molar-refractivity contribution is 6.31. The van der Waals surface area contributed by atoms with E-state index < -0.39 is 5.60 Å². The molecule has 0 aromatic heterocycles. The quantitative estimate of drug-likeness (QED) is 0.899. The van der Waals surface area contributed by atoms with Crippen LogP contribution in [0.25, 0.3) is 0 Å². The standard InChI is InChI=1S/C16H25ClN2O/c1-15(2,3)18-10-12-13(17)6-5-7-14(12)19-9-8-16(4,20)11-19/h5-7,18,20H,8-11H2,1-4H3. The van der Waals surface area contributed by atoms with Gasteiger partial charge in [-0.15, -0.1) is 0 Å². The van der Waals surface area contributed by atoms with E-state index >= 15 is 0 Å². The molecule has 1 aliphatic rings. The van der Waals surface area contributed by atoms with E-state index in [1.165, 1.54) is 0 Å². The normalized spacial score (nSPS) is 23.4. The van der Waals surface area contributed by atoms with E-state index in [1.54, 1.807) is 0 Å². The molecule has 2 rings (SSSR count). The summed E-state index contributed by atoms with van der Waals surface area (Å²) in [6.45, 7) is 10.6. The number of benzene rings is 1. The fraction of sp³-hybridized carbons (Fsp3) is 0.625. The van der Waals surface area contributed by atoms with Gasteiger partial charge in [0.25, 0.3) is 0 Å². The summed E-state index contributed by atoms with van der Waals surface area (Å²) in [5.41, 5.74) is 1.69. The minimum Gasteiger partial charge on any atom is -0.388 e. The lowest BCUT2D eigenvalue weighted by Gasteiger charge is -2.27. The van der Waals surface area contributed by atoms with Crippen LogP contribution in [0.3, 0.4) is 0 Å². The first-order valence-electron chi connectivity index (χ1n) is 7.18. The zero-order valence-corrected chi connectivity index (χ0v) is 13.6. The van der Waals surface area contributed by atoms with E-state index in [4.69, 9.17) is 11.6 Å². The van der Waals surface area contributed by atoms with Crippen molar-refractivity contribution in [2.24, 2.45) is 0 Å². The van der Waals surface area contributed by atoms with Crippen molar-refractivity contribution >= 4 is 17.3 Å². The highest BCUT2D eigenvalue weighted by Crippen LogP contribution is 2.32. The molecule has 20 heavy (non-hydrogen) atoms. The molecule has 1 aliphatic heterocycles. The van der Waals surface area contributed by atoms with Gasteiger partial charge in [-0.3, -0.25) is 0 Å². The number of aliphatic hydroxyl groups is 1. The average Bonchev–Trinajstić information content (AvgIpc) is 2.66. The topological polar surface area (TPSA) is 35.5 Å². The van der Waals surface area contributed by atoms with Crippen molar-refractivity contribution in [3.63, 3.8) is 0 Å². The zero-order valence-electron chi connectivity index (χ0n) is 12.8. The van der Waals surface area contributed by atoms with Crippen LogP contribution in [-0.2, 0) is 6.54 Å². The van der Waals surface area contributed by atoms with E-state index in [9.17, 15) is 5.11 Å². The molecule has 3 nitrogen and oxygen atoms in total. The Morgan fingerprint density at radius 1 is 1.40 bits per heavy atom. The van der Waals surface area contributed by atoms with Crippen LogP contribution in [0.15, 0.2) is 18.2 Å². The molecule has 0 spiro atoms. The minimum absolute atomic E-state index is 0.0486. The van der Waals surface area contributed by atoms with Crippen LogP contribution in [-0.4, -0.2) is 29.3 Å². The molecule has 1 unspecified atom stereocenters. The first-order valence-corrected chi connectivity index (χ1v) is 7.55. The number of hydrogen-bond donors (Lipinski definition) is 2. The lowest BCUT2D eigenvalue weighted by molar-refractivity contribution is 0.0839. The van der Waals surface area contributed by atoms with Crippen LogP contribution in [0, 0.1) is 0 Å². The van der Waals surface area contributed by atoms with Crippen molar-refractivity contribution in [2.75, 3.05) is 18.0 Å². The highest BCUT2D eigenvalue weighted by atomic mass is 35.5. The summed E-state index contributed by atoms with van der Waals surface area (Å²) in [6.07, 6.45) is 0.797. The van der Waals surface area contributed by atoms with Gasteiger partial charge in [-0.25, -0.2) is 0 Å². The maximum absolute atomic E-state index is 10.2. The Kier molecular flexibility index (Phi) is 4.33. The van der Waals surface area contributed by atoms with Crippen molar-refractivity contribution in [1.82, 2.24) is 5.32 Å².